The molecule has 21 heavy (non-hydrogen) atoms. The van der Waals surface area contributed by atoms with Crippen LogP contribution in [0.5, 0.6) is 5.75 Å². The van der Waals surface area contributed by atoms with Gasteiger partial charge in [0.15, 0.2) is 0 Å². The summed E-state index contributed by atoms with van der Waals surface area (Å²) in [6.07, 6.45) is 0.220. The van der Waals surface area contributed by atoms with Crippen molar-refractivity contribution in [2.24, 2.45) is 0 Å². The van der Waals surface area contributed by atoms with Crippen molar-refractivity contribution >= 4 is 5.91 Å². The minimum atomic E-state index is -0.188. The Balaban J connectivity index is 2.11. The molecule has 2 aromatic rings. The number of amides is 1. The van der Waals surface area contributed by atoms with Crippen molar-refractivity contribution in [3.63, 3.8) is 0 Å². The third kappa shape index (κ3) is 3.61. The molecule has 0 bridgehead atoms. The molecular weight excluding hydrogens is 264 g/mol. The number of hydrogen-bond donors (Lipinski definition) is 1. The largest absolute Gasteiger partial charge is 0.496 e. The van der Waals surface area contributed by atoms with E-state index in [0.29, 0.717) is 12.1 Å². The van der Waals surface area contributed by atoms with Gasteiger partial charge in [0.05, 0.1) is 19.6 Å². The van der Waals surface area contributed by atoms with Crippen LogP contribution in [-0.4, -0.2) is 13.0 Å². The van der Waals surface area contributed by atoms with Gasteiger partial charge in [0, 0.05) is 17.7 Å². The molecule has 0 spiro atoms. The van der Waals surface area contributed by atoms with E-state index < -0.39 is 0 Å². The zero-order chi connectivity index (χ0) is 15.1. The number of para-hydroxylation sites is 1. The van der Waals surface area contributed by atoms with Crippen LogP contribution in [-0.2, 0) is 13.0 Å². The summed E-state index contributed by atoms with van der Waals surface area (Å²) < 4.78 is 5.25. The average Bonchev–Trinajstić information content (AvgIpc) is 2.53. The fourth-order valence-electron chi connectivity index (χ4n) is 2.10. The first-order chi connectivity index (χ1) is 10.3. The van der Waals surface area contributed by atoms with E-state index >= 15 is 0 Å². The second-order valence-electron chi connectivity index (χ2n) is 4.49. The Morgan fingerprint density at radius 1 is 1.14 bits per heavy atom. The first-order valence-electron chi connectivity index (χ1n) is 6.61. The van der Waals surface area contributed by atoms with E-state index in [4.69, 9.17) is 10.00 Å². The van der Waals surface area contributed by atoms with Gasteiger partial charge in [-0.3, -0.25) is 4.79 Å². The Kier molecular flexibility index (Phi) is 4.94. The van der Waals surface area contributed by atoms with Gasteiger partial charge in [0.25, 0.3) is 5.91 Å². The zero-order valence-electron chi connectivity index (χ0n) is 11.8. The third-order valence-corrected chi connectivity index (χ3v) is 3.16. The number of methoxy groups -OCH3 is 1. The molecule has 0 fully saturated rings. The molecule has 4 heteroatoms. The van der Waals surface area contributed by atoms with Crippen molar-refractivity contribution in [2.45, 2.75) is 13.0 Å². The standard InChI is InChI=1S/C17H16N2O2/c1-21-16-9-5-3-7-14(16)12-19-17(20)15-8-4-2-6-13(15)10-11-18/h2-9H,10,12H2,1H3,(H,19,20). The highest BCUT2D eigenvalue weighted by Crippen LogP contribution is 2.17. The van der Waals surface area contributed by atoms with Crippen LogP contribution in [0.25, 0.3) is 0 Å². The van der Waals surface area contributed by atoms with Crippen LogP contribution < -0.4 is 10.1 Å². The summed E-state index contributed by atoms with van der Waals surface area (Å²) in [5, 5.41) is 11.7. The van der Waals surface area contributed by atoms with E-state index in [1.165, 1.54) is 0 Å². The summed E-state index contributed by atoms with van der Waals surface area (Å²) in [6.45, 7) is 0.379. The lowest BCUT2D eigenvalue weighted by molar-refractivity contribution is 0.0950. The first-order valence-corrected chi connectivity index (χ1v) is 6.61. The highest BCUT2D eigenvalue weighted by atomic mass is 16.5. The monoisotopic (exact) mass is 280 g/mol. The number of benzene rings is 2. The van der Waals surface area contributed by atoms with Gasteiger partial charge in [0.2, 0.25) is 0 Å². The van der Waals surface area contributed by atoms with E-state index in [-0.39, 0.29) is 12.3 Å². The molecule has 2 aromatic carbocycles. The number of hydrogen-bond acceptors (Lipinski definition) is 3. The minimum absolute atomic E-state index is 0.188. The molecule has 1 N–H and O–H groups in total. The van der Waals surface area contributed by atoms with Crippen molar-refractivity contribution in [3.05, 3.63) is 65.2 Å². The number of nitrogens with one attached hydrogen (secondary N) is 1. The molecule has 0 heterocycles. The molecule has 0 saturated carbocycles. The van der Waals surface area contributed by atoms with Gasteiger partial charge in [0.1, 0.15) is 5.75 Å². The van der Waals surface area contributed by atoms with E-state index in [1.54, 1.807) is 25.3 Å². The molecule has 0 aliphatic rings. The maximum absolute atomic E-state index is 12.3. The third-order valence-electron chi connectivity index (χ3n) is 3.16. The van der Waals surface area contributed by atoms with Crippen LogP contribution in [0.3, 0.4) is 0 Å². The predicted molar refractivity (Wildman–Crippen MR) is 79.9 cm³/mol. The Morgan fingerprint density at radius 3 is 2.52 bits per heavy atom. The lowest BCUT2D eigenvalue weighted by Gasteiger charge is -2.11. The van der Waals surface area contributed by atoms with Crippen molar-refractivity contribution in [2.75, 3.05) is 7.11 Å². The summed E-state index contributed by atoms with van der Waals surface area (Å²) in [4.78, 5) is 12.3. The van der Waals surface area contributed by atoms with Crippen LogP contribution >= 0.6 is 0 Å². The van der Waals surface area contributed by atoms with E-state index in [2.05, 4.69) is 11.4 Å². The summed E-state index contributed by atoms with van der Waals surface area (Å²) in [5.41, 5.74) is 2.18. The average molecular weight is 280 g/mol. The number of ether oxygens (including phenoxy) is 1. The molecule has 106 valence electrons. The van der Waals surface area contributed by atoms with Gasteiger partial charge >= 0.3 is 0 Å². The SMILES string of the molecule is COc1ccccc1CNC(=O)c1ccccc1CC#N. The maximum Gasteiger partial charge on any atom is 0.251 e. The summed E-state index contributed by atoms with van der Waals surface area (Å²) >= 11 is 0. The van der Waals surface area contributed by atoms with Gasteiger partial charge in [-0.2, -0.15) is 5.26 Å². The quantitative estimate of drug-likeness (QED) is 0.916. The number of nitriles is 1. The highest BCUT2D eigenvalue weighted by molar-refractivity contribution is 5.95. The Bertz CT molecular complexity index is 674. The lowest BCUT2D eigenvalue weighted by atomic mass is 10.0. The van der Waals surface area contributed by atoms with Crippen LogP contribution in [0.2, 0.25) is 0 Å². The van der Waals surface area contributed by atoms with Gasteiger partial charge in [-0.15, -0.1) is 0 Å². The number of carbonyl (C=O) groups excluding carboxylic acids is 1. The van der Waals surface area contributed by atoms with Crippen LogP contribution in [0.1, 0.15) is 21.5 Å². The Labute approximate surface area is 124 Å². The van der Waals surface area contributed by atoms with E-state index in [1.807, 2.05) is 30.3 Å². The molecule has 0 aliphatic heterocycles. The maximum atomic E-state index is 12.3. The molecule has 0 atom stereocenters. The number of nitrogens with zero attached hydrogens (tertiary/aromatic N) is 1. The fourth-order valence-corrected chi connectivity index (χ4v) is 2.10. The smallest absolute Gasteiger partial charge is 0.251 e. The minimum Gasteiger partial charge on any atom is -0.496 e. The number of rotatable bonds is 5. The molecule has 0 radical (unpaired) electrons. The Morgan fingerprint density at radius 2 is 1.81 bits per heavy atom. The number of carbonyl (C=O) groups is 1. The van der Waals surface area contributed by atoms with Crippen molar-refractivity contribution < 1.29 is 9.53 Å². The van der Waals surface area contributed by atoms with Gasteiger partial charge in [-0.05, 0) is 17.7 Å². The molecule has 1 amide bonds. The molecule has 2 rings (SSSR count). The summed E-state index contributed by atoms with van der Waals surface area (Å²) in [7, 11) is 1.60. The van der Waals surface area contributed by atoms with E-state index in [9.17, 15) is 4.79 Å². The van der Waals surface area contributed by atoms with Crippen molar-refractivity contribution in [1.82, 2.24) is 5.32 Å². The zero-order valence-corrected chi connectivity index (χ0v) is 11.8. The highest BCUT2D eigenvalue weighted by Gasteiger charge is 2.11. The molecule has 0 aliphatic carbocycles. The van der Waals surface area contributed by atoms with Crippen molar-refractivity contribution in [3.8, 4) is 11.8 Å². The van der Waals surface area contributed by atoms with Crippen LogP contribution in [0.4, 0.5) is 0 Å². The molecule has 0 saturated heterocycles. The van der Waals surface area contributed by atoms with Gasteiger partial charge in [-0.25, -0.2) is 0 Å². The summed E-state index contributed by atoms with van der Waals surface area (Å²) in [5.74, 6) is 0.551. The molecule has 4 nitrogen and oxygen atoms in total. The topological polar surface area (TPSA) is 62.1 Å². The predicted octanol–water partition coefficient (Wildman–Crippen LogP) is 2.69. The van der Waals surface area contributed by atoms with Crippen molar-refractivity contribution in [1.29, 1.82) is 5.26 Å². The van der Waals surface area contributed by atoms with Gasteiger partial charge < -0.3 is 10.1 Å². The van der Waals surface area contributed by atoms with Gasteiger partial charge in [-0.1, -0.05) is 36.4 Å². The van der Waals surface area contributed by atoms with Crippen LogP contribution in [0, 0.1) is 11.3 Å². The van der Waals surface area contributed by atoms with E-state index in [0.717, 1.165) is 16.9 Å². The molecular formula is C17H16N2O2. The molecule has 0 unspecified atom stereocenters. The molecule has 0 aromatic heterocycles. The first kappa shape index (κ1) is 14.6. The van der Waals surface area contributed by atoms with Crippen LogP contribution in [0.15, 0.2) is 48.5 Å². The normalized spacial score (nSPS) is 9.71. The fraction of sp³-hybridized carbons (Fsp3) is 0.176. The summed E-state index contributed by atoms with van der Waals surface area (Å²) in [6, 6.07) is 16.7. The second-order valence-corrected chi connectivity index (χ2v) is 4.49. The second kappa shape index (κ2) is 7.11. The lowest BCUT2D eigenvalue weighted by Crippen LogP contribution is -2.24. The Hall–Kier alpha value is -2.80.